The lowest BCUT2D eigenvalue weighted by Crippen LogP contribution is -2.13. The molecule has 2 N–H and O–H groups in total. The monoisotopic (exact) mass is 201 g/mol. The number of nitrogens with one attached hydrogen (secondary N) is 2. The number of fused-ring (bicyclic) bond motifs is 1. The van der Waals surface area contributed by atoms with E-state index in [9.17, 15) is 0 Å². The first-order valence-electron chi connectivity index (χ1n) is 4.57. The van der Waals surface area contributed by atoms with Crippen LogP contribution in [-0.2, 0) is 0 Å². The Labute approximate surface area is 87.6 Å². The predicted octanol–water partition coefficient (Wildman–Crippen LogP) is 1.96. The maximum Gasteiger partial charge on any atom is 0.162 e. The van der Waals surface area contributed by atoms with Crippen molar-refractivity contribution in [3.05, 3.63) is 54.7 Å². The third-order valence-electron chi connectivity index (χ3n) is 1.82. The van der Waals surface area contributed by atoms with Crippen molar-refractivity contribution < 1.29 is 4.84 Å². The van der Waals surface area contributed by atoms with Crippen LogP contribution in [0.25, 0.3) is 6.08 Å². The number of rotatable bonds is 0. The largest absolute Gasteiger partial charge is 0.382 e. The maximum atomic E-state index is 5.09. The number of hydrogen-bond donors (Lipinski definition) is 2. The molecule has 0 radical (unpaired) electrons. The molecule has 1 aromatic carbocycles. The second kappa shape index (κ2) is 4.85. The molecule has 0 saturated heterocycles. The summed E-state index contributed by atoms with van der Waals surface area (Å²) in [5.74, 6) is 0.880. The highest BCUT2D eigenvalue weighted by Gasteiger charge is 2.01. The van der Waals surface area contributed by atoms with E-state index in [1.807, 2.05) is 30.3 Å². The minimum Gasteiger partial charge on any atom is -0.382 e. The molecule has 0 amide bonds. The second-order valence-corrected chi connectivity index (χ2v) is 2.85. The summed E-state index contributed by atoms with van der Waals surface area (Å²) in [5, 5.41) is 0. The molecule has 2 aromatic rings. The standard InChI is InChI=1S/C8H7NO.C3H4N2/c1-2-4-8-7(3-1)5-6-9-10-8;1-2-5-3-4-1/h1-6,9H;1-3H,(H,4,5). The summed E-state index contributed by atoms with van der Waals surface area (Å²) in [6.07, 6.45) is 8.82. The van der Waals surface area contributed by atoms with Crippen LogP contribution in [0.1, 0.15) is 5.56 Å². The molecule has 4 nitrogen and oxygen atoms in total. The number of imidazole rings is 1. The minimum atomic E-state index is 0.880. The summed E-state index contributed by atoms with van der Waals surface area (Å²) in [6, 6.07) is 7.86. The van der Waals surface area contributed by atoms with Gasteiger partial charge in [-0.05, 0) is 12.1 Å². The van der Waals surface area contributed by atoms with Gasteiger partial charge in [0.1, 0.15) is 0 Å². The Kier molecular flexibility index (Phi) is 3.02. The van der Waals surface area contributed by atoms with Gasteiger partial charge in [0.2, 0.25) is 0 Å². The summed E-state index contributed by atoms with van der Waals surface area (Å²) in [6.45, 7) is 0. The van der Waals surface area contributed by atoms with Crippen LogP contribution in [-0.4, -0.2) is 9.97 Å². The molecule has 4 heteroatoms. The summed E-state index contributed by atoms with van der Waals surface area (Å²) in [5.41, 5.74) is 3.77. The van der Waals surface area contributed by atoms with Crippen LogP contribution in [0, 0.1) is 0 Å². The zero-order valence-corrected chi connectivity index (χ0v) is 8.05. The first-order valence-corrected chi connectivity index (χ1v) is 4.57. The van der Waals surface area contributed by atoms with Gasteiger partial charge in [-0.15, -0.1) is 0 Å². The number of aromatic amines is 1. The van der Waals surface area contributed by atoms with Crippen molar-refractivity contribution in [3.8, 4) is 5.75 Å². The number of nitrogens with zero attached hydrogens (tertiary/aromatic N) is 1. The quantitative estimate of drug-likeness (QED) is 0.685. The van der Waals surface area contributed by atoms with Crippen molar-refractivity contribution in [2.45, 2.75) is 0 Å². The highest BCUT2D eigenvalue weighted by molar-refractivity contribution is 5.57. The first-order chi connectivity index (χ1) is 7.47. The van der Waals surface area contributed by atoms with Crippen LogP contribution in [0.3, 0.4) is 0 Å². The Morgan fingerprint density at radius 1 is 1.20 bits per heavy atom. The maximum absolute atomic E-state index is 5.09. The molecule has 0 saturated carbocycles. The van der Waals surface area contributed by atoms with E-state index in [4.69, 9.17) is 4.84 Å². The summed E-state index contributed by atoms with van der Waals surface area (Å²) >= 11 is 0. The van der Waals surface area contributed by atoms with Crippen LogP contribution in [0.5, 0.6) is 5.75 Å². The minimum absolute atomic E-state index is 0.880. The molecule has 0 atom stereocenters. The van der Waals surface area contributed by atoms with Crippen molar-refractivity contribution in [1.29, 1.82) is 0 Å². The third-order valence-corrected chi connectivity index (χ3v) is 1.82. The second-order valence-electron chi connectivity index (χ2n) is 2.85. The van der Waals surface area contributed by atoms with Gasteiger partial charge in [-0.3, -0.25) is 0 Å². The van der Waals surface area contributed by atoms with Crippen molar-refractivity contribution in [1.82, 2.24) is 15.4 Å². The zero-order chi connectivity index (χ0) is 10.3. The van der Waals surface area contributed by atoms with E-state index in [2.05, 4.69) is 15.4 Å². The molecular formula is C11H11N3O. The van der Waals surface area contributed by atoms with Gasteiger partial charge in [0.15, 0.2) is 5.75 Å². The van der Waals surface area contributed by atoms with E-state index >= 15 is 0 Å². The van der Waals surface area contributed by atoms with Crippen molar-refractivity contribution in [3.63, 3.8) is 0 Å². The Balaban J connectivity index is 0.000000144. The van der Waals surface area contributed by atoms with E-state index in [1.54, 1.807) is 24.9 Å². The van der Waals surface area contributed by atoms with Gasteiger partial charge in [-0.25, -0.2) is 10.5 Å². The van der Waals surface area contributed by atoms with Gasteiger partial charge in [-0.1, -0.05) is 18.2 Å². The normalized spacial score (nSPS) is 11.5. The van der Waals surface area contributed by atoms with E-state index < -0.39 is 0 Å². The van der Waals surface area contributed by atoms with Crippen molar-refractivity contribution in [2.75, 3.05) is 0 Å². The Bertz CT molecular complexity index is 406. The molecule has 2 heterocycles. The fourth-order valence-corrected chi connectivity index (χ4v) is 1.15. The lowest BCUT2D eigenvalue weighted by Gasteiger charge is -2.11. The Morgan fingerprint density at radius 2 is 2.13 bits per heavy atom. The van der Waals surface area contributed by atoms with E-state index in [1.165, 1.54) is 0 Å². The number of hydrogen-bond acceptors (Lipinski definition) is 3. The molecule has 0 unspecified atom stereocenters. The van der Waals surface area contributed by atoms with Gasteiger partial charge < -0.3 is 9.82 Å². The van der Waals surface area contributed by atoms with Gasteiger partial charge in [0.05, 0.1) is 6.33 Å². The van der Waals surface area contributed by atoms with Crippen LogP contribution >= 0.6 is 0 Å². The third kappa shape index (κ3) is 2.60. The fraction of sp³-hybridized carbons (Fsp3) is 0. The smallest absolute Gasteiger partial charge is 0.162 e. The molecule has 0 bridgehead atoms. The number of H-pyrrole nitrogens is 1. The first kappa shape index (κ1) is 9.33. The highest BCUT2D eigenvalue weighted by Crippen LogP contribution is 2.20. The number of hydroxylamine groups is 1. The average Bonchev–Trinajstić information content (AvgIpc) is 2.88. The van der Waals surface area contributed by atoms with Crippen LogP contribution in [0.15, 0.2) is 49.2 Å². The van der Waals surface area contributed by atoms with Gasteiger partial charge in [0, 0.05) is 24.2 Å². The topological polar surface area (TPSA) is 49.9 Å². The molecular weight excluding hydrogens is 190 g/mol. The molecule has 0 aliphatic carbocycles. The van der Waals surface area contributed by atoms with Crippen LogP contribution in [0.2, 0.25) is 0 Å². The van der Waals surface area contributed by atoms with Crippen molar-refractivity contribution in [2.24, 2.45) is 0 Å². The number of para-hydroxylation sites is 1. The lowest BCUT2D eigenvalue weighted by atomic mass is 10.2. The van der Waals surface area contributed by atoms with E-state index in [-0.39, 0.29) is 0 Å². The molecule has 1 aliphatic rings. The molecule has 0 spiro atoms. The highest BCUT2D eigenvalue weighted by atomic mass is 16.6. The molecule has 1 aliphatic heterocycles. The molecule has 1 aromatic heterocycles. The number of benzene rings is 1. The zero-order valence-electron chi connectivity index (χ0n) is 8.05. The van der Waals surface area contributed by atoms with E-state index in [0.717, 1.165) is 11.3 Å². The van der Waals surface area contributed by atoms with E-state index in [0.29, 0.717) is 0 Å². The van der Waals surface area contributed by atoms with Crippen LogP contribution in [0.4, 0.5) is 0 Å². The fourth-order valence-electron chi connectivity index (χ4n) is 1.15. The van der Waals surface area contributed by atoms with Crippen molar-refractivity contribution >= 4 is 6.08 Å². The Hall–Kier alpha value is -2.23. The Morgan fingerprint density at radius 3 is 2.80 bits per heavy atom. The number of aromatic nitrogens is 2. The SMILES string of the molecule is C1=Cc2ccccc2ON1.c1c[nH]cn1. The molecule has 0 fully saturated rings. The summed E-state index contributed by atoms with van der Waals surface area (Å²) in [7, 11) is 0. The van der Waals surface area contributed by atoms with Gasteiger partial charge >= 0.3 is 0 Å². The molecule has 15 heavy (non-hydrogen) atoms. The lowest BCUT2D eigenvalue weighted by molar-refractivity contribution is 0.239. The predicted molar refractivity (Wildman–Crippen MR) is 57.8 cm³/mol. The molecule has 76 valence electrons. The summed E-state index contributed by atoms with van der Waals surface area (Å²) in [4.78, 5) is 11.5. The average molecular weight is 201 g/mol. The molecule has 3 rings (SSSR count). The van der Waals surface area contributed by atoms with Gasteiger partial charge in [0.25, 0.3) is 0 Å². The van der Waals surface area contributed by atoms with Crippen LogP contribution < -0.4 is 10.3 Å². The van der Waals surface area contributed by atoms with Gasteiger partial charge in [-0.2, -0.15) is 0 Å². The summed E-state index contributed by atoms with van der Waals surface area (Å²) < 4.78 is 0.